The standard InChI is InChI=1S/C9H9ClO5/c10-3-4-15-8-5(9(13)14)1-2-6(11)7(8)12/h1-2,11-12H,3-4H2,(H,13,14). The molecule has 1 aromatic carbocycles. The molecule has 1 rings (SSSR count). The lowest BCUT2D eigenvalue weighted by molar-refractivity contribution is 0.0691. The molecule has 0 saturated heterocycles. The van der Waals surface area contributed by atoms with Crippen LogP contribution in [0.5, 0.6) is 17.2 Å². The van der Waals surface area contributed by atoms with E-state index in [9.17, 15) is 9.90 Å². The van der Waals surface area contributed by atoms with E-state index in [4.69, 9.17) is 26.6 Å². The van der Waals surface area contributed by atoms with E-state index in [-0.39, 0.29) is 23.8 Å². The molecule has 0 amide bonds. The van der Waals surface area contributed by atoms with E-state index in [1.807, 2.05) is 0 Å². The van der Waals surface area contributed by atoms with Crippen molar-refractivity contribution in [3.8, 4) is 17.2 Å². The molecule has 0 radical (unpaired) electrons. The van der Waals surface area contributed by atoms with Gasteiger partial charge in [0.2, 0.25) is 5.75 Å². The van der Waals surface area contributed by atoms with Gasteiger partial charge in [-0.05, 0) is 12.1 Å². The van der Waals surface area contributed by atoms with Crippen LogP contribution in [-0.4, -0.2) is 33.8 Å². The van der Waals surface area contributed by atoms with E-state index in [0.29, 0.717) is 0 Å². The molecule has 0 aromatic heterocycles. The van der Waals surface area contributed by atoms with Gasteiger partial charge >= 0.3 is 5.97 Å². The molecule has 0 aliphatic heterocycles. The molecule has 0 saturated carbocycles. The first kappa shape index (κ1) is 11.5. The monoisotopic (exact) mass is 232 g/mol. The van der Waals surface area contributed by atoms with Crippen molar-refractivity contribution in [1.82, 2.24) is 0 Å². The highest BCUT2D eigenvalue weighted by Gasteiger charge is 2.18. The Morgan fingerprint density at radius 3 is 2.60 bits per heavy atom. The van der Waals surface area contributed by atoms with Gasteiger partial charge in [0.1, 0.15) is 12.2 Å². The maximum absolute atomic E-state index is 10.7. The molecule has 0 aliphatic carbocycles. The van der Waals surface area contributed by atoms with Gasteiger partial charge in [-0.1, -0.05) is 0 Å². The fraction of sp³-hybridized carbons (Fsp3) is 0.222. The van der Waals surface area contributed by atoms with E-state index in [1.54, 1.807) is 0 Å². The third-order valence-electron chi connectivity index (χ3n) is 1.66. The van der Waals surface area contributed by atoms with Crippen molar-refractivity contribution in [1.29, 1.82) is 0 Å². The SMILES string of the molecule is O=C(O)c1ccc(O)c(O)c1OCCCl. The van der Waals surface area contributed by atoms with Gasteiger partial charge in [-0.25, -0.2) is 4.79 Å². The van der Waals surface area contributed by atoms with Crippen LogP contribution in [0.1, 0.15) is 10.4 Å². The number of benzene rings is 1. The summed E-state index contributed by atoms with van der Waals surface area (Å²) < 4.78 is 4.94. The fourth-order valence-corrected chi connectivity index (χ4v) is 1.09. The van der Waals surface area contributed by atoms with Crippen molar-refractivity contribution in [3.63, 3.8) is 0 Å². The van der Waals surface area contributed by atoms with Crippen molar-refractivity contribution < 1.29 is 24.9 Å². The number of carboxylic acids is 1. The second-order valence-corrected chi connectivity index (χ2v) is 3.03. The Hall–Kier alpha value is -1.62. The minimum absolute atomic E-state index is 0.0405. The van der Waals surface area contributed by atoms with E-state index >= 15 is 0 Å². The van der Waals surface area contributed by atoms with Crippen LogP contribution in [0.3, 0.4) is 0 Å². The number of aromatic hydroxyl groups is 2. The molecule has 0 spiro atoms. The first-order chi connectivity index (χ1) is 7.07. The van der Waals surface area contributed by atoms with E-state index in [0.717, 1.165) is 12.1 Å². The number of halogens is 1. The molecule has 15 heavy (non-hydrogen) atoms. The van der Waals surface area contributed by atoms with Gasteiger partial charge in [0.25, 0.3) is 0 Å². The molecule has 0 heterocycles. The molecule has 0 bridgehead atoms. The van der Waals surface area contributed by atoms with Crippen LogP contribution in [0.15, 0.2) is 12.1 Å². The molecule has 0 fully saturated rings. The summed E-state index contributed by atoms with van der Waals surface area (Å²) in [7, 11) is 0. The molecule has 0 unspecified atom stereocenters. The Morgan fingerprint density at radius 2 is 2.07 bits per heavy atom. The summed E-state index contributed by atoms with van der Waals surface area (Å²) in [6.07, 6.45) is 0. The second kappa shape index (κ2) is 4.75. The smallest absolute Gasteiger partial charge is 0.339 e. The van der Waals surface area contributed by atoms with Crippen molar-refractivity contribution in [2.45, 2.75) is 0 Å². The Bertz CT molecular complexity index is 377. The molecule has 0 atom stereocenters. The molecule has 1 aromatic rings. The van der Waals surface area contributed by atoms with E-state index < -0.39 is 17.5 Å². The van der Waals surface area contributed by atoms with Gasteiger partial charge in [-0.2, -0.15) is 0 Å². The van der Waals surface area contributed by atoms with Gasteiger partial charge < -0.3 is 20.1 Å². The van der Waals surface area contributed by atoms with Crippen LogP contribution in [0.4, 0.5) is 0 Å². The van der Waals surface area contributed by atoms with E-state index in [2.05, 4.69) is 0 Å². The third kappa shape index (κ3) is 2.44. The van der Waals surface area contributed by atoms with Crippen LogP contribution in [0, 0.1) is 0 Å². The lowest BCUT2D eigenvalue weighted by atomic mass is 10.1. The van der Waals surface area contributed by atoms with Crippen LogP contribution in [0.2, 0.25) is 0 Å². The highest BCUT2D eigenvalue weighted by molar-refractivity contribution is 6.18. The zero-order valence-electron chi connectivity index (χ0n) is 7.61. The maximum Gasteiger partial charge on any atom is 0.339 e. The fourth-order valence-electron chi connectivity index (χ4n) is 1.02. The van der Waals surface area contributed by atoms with Crippen LogP contribution in [0.25, 0.3) is 0 Å². The first-order valence-corrected chi connectivity index (χ1v) is 4.58. The summed E-state index contributed by atoms with van der Waals surface area (Å²) in [5.41, 5.74) is -0.226. The molecule has 5 nitrogen and oxygen atoms in total. The zero-order chi connectivity index (χ0) is 11.4. The van der Waals surface area contributed by atoms with Gasteiger partial charge in [-0.15, -0.1) is 11.6 Å². The number of carbonyl (C=O) groups is 1. The average molecular weight is 233 g/mol. The summed E-state index contributed by atoms with van der Waals surface area (Å²) in [6.45, 7) is 0.0405. The molecular weight excluding hydrogens is 224 g/mol. The van der Waals surface area contributed by atoms with Gasteiger partial charge in [0, 0.05) is 0 Å². The normalized spacial score (nSPS) is 9.93. The third-order valence-corrected chi connectivity index (χ3v) is 1.82. The number of phenols is 2. The maximum atomic E-state index is 10.7. The molecule has 3 N–H and O–H groups in total. The van der Waals surface area contributed by atoms with Crippen LogP contribution >= 0.6 is 11.6 Å². The predicted molar refractivity (Wildman–Crippen MR) is 52.9 cm³/mol. The largest absolute Gasteiger partial charge is 0.504 e. The number of alkyl halides is 1. The van der Waals surface area contributed by atoms with E-state index in [1.165, 1.54) is 0 Å². The number of rotatable bonds is 4. The van der Waals surface area contributed by atoms with Crippen LogP contribution in [-0.2, 0) is 0 Å². The Morgan fingerprint density at radius 1 is 1.40 bits per heavy atom. The molecular formula is C9H9ClO5. The Balaban J connectivity index is 3.16. The summed E-state index contributed by atoms with van der Waals surface area (Å²) >= 11 is 5.36. The minimum atomic E-state index is -1.25. The van der Waals surface area contributed by atoms with Gasteiger partial charge in [0.15, 0.2) is 11.5 Å². The lowest BCUT2D eigenvalue weighted by Gasteiger charge is -2.10. The average Bonchev–Trinajstić information content (AvgIpc) is 2.19. The summed E-state index contributed by atoms with van der Waals surface area (Å²) in [5, 5.41) is 27.3. The van der Waals surface area contributed by atoms with Crippen molar-refractivity contribution >= 4 is 17.6 Å². The number of hydrogen-bond donors (Lipinski definition) is 3. The van der Waals surface area contributed by atoms with Crippen molar-refractivity contribution in [2.24, 2.45) is 0 Å². The number of hydrogen-bond acceptors (Lipinski definition) is 4. The number of phenolic OH excluding ortho intramolecular Hbond substituents is 2. The molecule has 82 valence electrons. The lowest BCUT2D eigenvalue weighted by Crippen LogP contribution is -2.05. The number of ether oxygens (including phenoxy) is 1. The summed E-state index contributed by atoms with van der Waals surface area (Å²) in [6, 6.07) is 2.22. The van der Waals surface area contributed by atoms with Gasteiger partial charge in [0.05, 0.1) is 5.88 Å². The number of aromatic carboxylic acids is 1. The first-order valence-electron chi connectivity index (χ1n) is 4.05. The highest BCUT2D eigenvalue weighted by Crippen LogP contribution is 2.38. The summed E-state index contributed by atoms with van der Waals surface area (Å²) in [5.74, 6) is -2.42. The predicted octanol–water partition coefficient (Wildman–Crippen LogP) is 1.41. The van der Waals surface area contributed by atoms with Crippen molar-refractivity contribution in [3.05, 3.63) is 17.7 Å². The minimum Gasteiger partial charge on any atom is -0.504 e. The topological polar surface area (TPSA) is 87.0 Å². The van der Waals surface area contributed by atoms with Crippen LogP contribution < -0.4 is 4.74 Å². The zero-order valence-corrected chi connectivity index (χ0v) is 8.36. The Labute approximate surface area is 90.5 Å². The number of carboxylic acid groups (broad SMARTS) is 1. The second-order valence-electron chi connectivity index (χ2n) is 2.65. The Kier molecular flexibility index (Phi) is 3.62. The highest BCUT2D eigenvalue weighted by atomic mass is 35.5. The molecule has 6 heteroatoms. The molecule has 0 aliphatic rings. The summed E-state index contributed by atoms with van der Waals surface area (Å²) in [4.78, 5) is 10.7. The van der Waals surface area contributed by atoms with Crippen molar-refractivity contribution in [2.75, 3.05) is 12.5 Å². The quantitative estimate of drug-likeness (QED) is 0.540. The van der Waals surface area contributed by atoms with Gasteiger partial charge in [-0.3, -0.25) is 0 Å².